The Morgan fingerprint density at radius 1 is 1.47 bits per heavy atom. The summed E-state index contributed by atoms with van der Waals surface area (Å²) in [5.41, 5.74) is 8.10. The zero-order valence-corrected chi connectivity index (χ0v) is 11.0. The Kier molecular flexibility index (Phi) is 3.79. The number of hydrogen-bond acceptors (Lipinski definition) is 4. The molecule has 2 aromatic rings. The average Bonchev–Trinajstić information content (AvgIpc) is 2.87. The van der Waals surface area contributed by atoms with Crippen LogP contribution in [0.5, 0.6) is 0 Å². The molecule has 2 heterocycles. The number of nitrogens with zero attached hydrogens (tertiary/aromatic N) is 3. The number of nitrogens with two attached hydrogens (primary N) is 1. The van der Waals surface area contributed by atoms with E-state index in [1.54, 1.807) is 35.6 Å². The van der Waals surface area contributed by atoms with Gasteiger partial charge in [-0.3, -0.25) is 9.78 Å². The Bertz CT molecular complexity index is 578. The number of rotatable bonds is 4. The van der Waals surface area contributed by atoms with Gasteiger partial charge < -0.3 is 15.6 Å². The first-order valence-corrected chi connectivity index (χ1v) is 6.14. The second kappa shape index (κ2) is 5.51. The van der Waals surface area contributed by atoms with E-state index in [0.717, 1.165) is 11.3 Å². The van der Waals surface area contributed by atoms with Crippen molar-refractivity contribution in [2.75, 3.05) is 12.3 Å². The third-order valence-electron chi connectivity index (χ3n) is 2.94. The SMILES string of the molecule is CCNC(=O)C(C)n1cncc1-c1cnccc1N. The fraction of sp³-hybridized carbons (Fsp3) is 0.308. The van der Waals surface area contributed by atoms with Gasteiger partial charge in [-0.1, -0.05) is 0 Å². The van der Waals surface area contributed by atoms with E-state index in [0.29, 0.717) is 12.2 Å². The molecule has 1 unspecified atom stereocenters. The van der Waals surface area contributed by atoms with Crippen molar-refractivity contribution in [2.24, 2.45) is 0 Å². The molecule has 6 nitrogen and oxygen atoms in total. The average molecular weight is 259 g/mol. The van der Waals surface area contributed by atoms with Crippen LogP contribution in [0.1, 0.15) is 19.9 Å². The Labute approximate surface area is 111 Å². The molecule has 0 bridgehead atoms. The van der Waals surface area contributed by atoms with E-state index < -0.39 is 0 Å². The quantitative estimate of drug-likeness (QED) is 0.864. The zero-order valence-electron chi connectivity index (χ0n) is 11.0. The molecule has 0 aliphatic heterocycles. The predicted octanol–water partition coefficient (Wildman–Crippen LogP) is 1.22. The van der Waals surface area contributed by atoms with Crippen molar-refractivity contribution in [3.63, 3.8) is 0 Å². The third kappa shape index (κ3) is 2.57. The Morgan fingerprint density at radius 2 is 2.26 bits per heavy atom. The van der Waals surface area contributed by atoms with Gasteiger partial charge in [-0.2, -0.15) is 0 Å². The molecule has 0 aliphatic carbocycles. The molecule has 19 heavy (non-hydrogen) atoms. The topological polar surface area (TPSA) is 85.8 Å². The zero-order chi connectivity index (χ0) is 13.8. The van der Waals surface area contributed by atoms with Crippen molar-refractivity contribution in [3.05, 3.63) is 31.0 Å². The van der Waals surface area contributed by atoms with Gasteiger partial charge in [0.05, 0.1) is 18.2 Å². The van der Waals surface area contributed by atoms with E-state index in [1.807, 2.05) is 13.8 Å². The van der Waals surface area contributed by atoms with Gasteiger partial charge in [-0.25, -0.2) is 4.98 Å². The molecule has 2 aromatic heterocycles. The number of nitrogen functional groups attached to an aromatic ring is 1. The number of likely N-dealkylation sites (N-methyl/N-ethyl adjacent to an activating group) is 1. The van der Waals surface area contributed by atoms with Crippen LogP contribution in [0.4, 0.5) is 5.69 Å². The first-order chi connectivity index (χ1) is 9.15. The van der Waals surface area contributed by atoms with E-state index in [4.69, 9.17) is 5.73 Å². The number of carbonyl (C=O) groups is 1. The summed E-state index contributed by atoms with van der Waals surface area (Å²) in [6.45, 7) is 4.31. The van der Waals surface area contributed by atoms with E-state index in [2.05, 4.69) is 15.3 Å². The summed E-state index contributed by atoms with van der Waals surface area (Å²) in [6.07, 6.45) is 6.62. The normalized spacial score (nSPS) is 12.1. The largest absolute Gasteiger partial charge is 0.398 e. The number of imidazole rings is 1. The van der Waals surface area contributed by atoms with E-state index in [1.165, 1.54) is 0 Å². The molecule has 0 saturated heterocycles. The van der Waals surface area contributed by atoms with Crippen LogP contribution in [-0.4, -0.2) is 27.0 Å². The lowest BCUT2D eigenvalue weighted by molar-refractivity contribution is -0.123. The molecule has 1 amide bonds. The molecular formula is C13H17N5O. The first-order valence-electron chi connectivity index (χ1n) is 6.14. The Balaban J connectivity index is 2.38. The molecular weight excluding hydrogens is 242 g/mol. The van der Waals surface area contributed by atoms with Crippen LogP contribution in [0.3, 0.4) is 0 Å². The summed E-state index contributed by atoms with van der Waals surface area (Å²) in [6, 6.07) is 1.38. The van der Waals surface area contributed by atoms with E-state index >= 15 is 0 Å². The van der Waals surface area contributed by atoms with Crippen LogP contribution < -0.4 is 11.1 Å². The molecule has 0 aromatic carbocycles. The van der Waals surface area contributed by atoms with Crippen molar-refractivity contribution in [3.8, 4) is 11.3 Å². The first kappa shape index (κ1) is 13.1. The minimum absolute atomic E-state index is 0.0517. The Hall–Kier alpha value is -2.37. The van der Waals surface area contributed by atoms with Gasteiger partial charge in [0.25, 0.3) is 0 Å². The molecule has 100 valence electrons. The van der Waals surface area contributed by atoms with Gasteiger partial charge in [-0.15, -0.1) is 0 Å². The minimum Gasteiger partial charge on any atom is -0.398 e. The number of anilines is 1. The van der Waals surface area contributed by atoms with Crippen LogP contribution in [0.2, 0.25) is 0 Å². The maximum absolute atomic E-state index is 11.9. The van der Waals surface area contributed by atoms with E-state index in [9.17, 15) is 4.79 Å². The number of aromatic nitrogens is 3. The number of pyridine rings is 1. The van der Waals surface area contributed by atoms with Crippen molar-refractivity contribution < 1.29 is 4.79 Å². The monoisotopic (exact) mass is 259 g/mol. The van der Waals surface area contributed by atoms with Crippen LogP contribution in [0.25, 0.3) is 11.3 Å². The summed E-state index contributed by atoms with van der Waals surface area (Å²) in [7, 11) is 0. The molecule has 0 aliphatic rings. The van der Waals surface area contributed by atoms with Gasteiger partial charge >= 0.3 is 0 Å². The second-order valence-electron chi connectivity index (χ2n) is 4.22. The predicted molar refractivity (Wildman–Crippen MR) is 73.3 cm³/mol. The van der Waals surface area contributed by atoms with Crippen molar-refractivity contribution >= 4 is 11.6 Å². The number of amides is 1. The van der Waals surface area contributed by atoms with Gasteiger partial charge in [0, 0.05) is 30.2 Å². The lowest BCUT2D eigenvalue weighted by Crippen LogP contribution is -2.30. The minimum atomic E-state index is -0.350. The van der Waals surface area contributed by atoms with Crippen LogP contribution in [0.15, 0.2) is 31.0 Å². The van der Waals surface area contributed by atoms with Gasteiger partial charge in [-0.05, 0) is 19.9 Å². The smallest absolute Gasteiger partial charge is 0.242 e. The fourth-order valence-electron chi connectivity index (χ4n) is 1.89. The summed E-state index contributed by atoms with van der Waals surface area (Å²) in [5, 5.41) is 2.79. The highest BCUT2D eigenvalue weighted by Crippen LogP contribution is 2.26. The lowest BCUT2D eigenvalue weighted by atomic mass is 10.1. The molecule has 2 rings (SSSR count). The summed E-state index contributed by atoms with van der Waals surface area (Å²) < 4.78 is 1.79. The van der Waals surface area contributed by atoms with Gasteiger partial charge in [0.2, 0.25) is 5.91 Å². The number of nitrogens with one attached hydrogen (secondary N) is 1. The molecule has 3 N–H and O–H groups in total. The molecule has 0 fully saturated rings. The number of carbonyl (C=O) groups excluding carboxylic acids is 1. The lowest BCUT2D eigenvalue weighted by Gasteiger charge is -2.16. The molecule has 6 heteroatoms. The molecule has 0 radical (unpaired) electrons. The fourth-order valence-corrected chi connectivity index (χ4v) is 1.89. The van der Waals surface area contributed by atoms with Crippen molar-refractivity contribution in [1.29, 1.82) is 0 Å². The maximum atomic E-state index is 11.9. The van der Waals surface area contributed by atoms with Gasteiger partial charge in [0.15, 0.2) is 0 Å². The van der Waals surface area contributed by atoms with Crippen LogP contribution in [-0.2, 0) is 4.79 Å². The standard InChI is InChI=1S/C13H17N5O/c1-3-17-13(19)9(2)18-8-16-7-12(18)10-6-15-5-4-11(10)14/h4-9H,3H2,1-2H3,(H2,14,15)(H,17,19). The maximum Gasteiger partial charge on any atom is 0.242 e. The highest BCUT2D eigenvalue weighted by molar-refractivity contribution is 5.81. The van der Waals surface area contributed by atoms with Crippen molar-refractivity contribution in [2.45, 2.75) is 19.9 Å². The molecule has 1 atom stereocenters. The number of hydrogen-bond donors (Lipinski definition) is 2. The highest BCUT2D eigenvalue weighted by atomic mass is 16.2. The molecule has 0 saturated carbocycles. The van der Waals surface area contributed by atoms with Crippen molar-refractivity contribution in [1.82, 2.24) is 19.9 Å². The Morgan fingerprint density at radius 3 is 2.95 bits per heavy atom. The highest BCUT2D eigenvalue weighted by Gasteiger charge is 2.18. The van der Waals surface area contributed by atoms with Gasteiger partial charge in [0.1, 0.15) is 6.04 Å². The van der Waals surface area contributed by atoms with Crippen LogP contribution in [0, 0.1) is 0 Å². The summed E-state index contributed by atoms with van der Waals surface area (Å²) in [4.78, 5) is 20.1. The van der Waals surface area contributed by atoms with E-state index in [-0.39, 0.29) is 11.9 Å². The third-order valence-corrected chi connectivity index (χ3v) is 2.94. The van der Waals surface area contributed by atoms with Crippen LogP contribution >= 0.6 is 0 Å². The molecule has 0 spiro atoms. The second-order valence-corrected chi connectivity index (χ2v) is 4.22. The summed E-state index contributed by atoms with van der Waals surface area (Å²) in [5.74, 6) is -0.0517. The summed E-state index contributed by atoms with van der Waals surface area (Å²) >= 11 is 0.